The Balaban J connectivity index is 1.59. The maximum atomic E-state index is 13.1. The average Bonchev–Trinajstić information content (AvgIpc) is 2.87. The van der Waals surface area contributed by atoms with Gasteiger partial charge in [0.1, 0.15) is 12.2 Å². The van der Waals surface area contributed by atoms with Crippen molar-refractivity contribution in [3.63, 3.8) is 0 Å². The highest BCUT2D eigenvalue weighted by Crippen LogP contribution is 2.31. The monoisotopic (exact) mass is 565 g/mol. The van der Waals surface area contributed by atoms with Crippen molar-refractivity contribution in [1.29, 1.82) is 0 Å². The predicted molar refractivity (Wildman–Crippen MR) is 138 cm³/mol. The number of benzene rings is 3. The zero-order valence-electron chi connectivity index (χ0n) is 19.5. The summed E-state index contributed by atoms with van der Waals surface area (Å²) < 4.78 is 12.3. The summed E-state index contributed by atoms with van der Waals surface area (Å²) in [7, 11) is 0. The molecular formula is C26H20BrN3O7. The van der Waals surface area contributed by atoms with Gasteiger partial charge in [-0.25, -0.2) is 9.69 Å². The lowest BCUT2D eigenvalue weighted by molar-refractivity contribution is -0.384. The number of carbonyl (C=O) groups excluding carboxylic acids is 3. The van der Waals surface area contributed by atoms with Crippen LogP contribution >= 0.6 is 15.9 Å². The van der Waals surface area contributed by atoms with Gasteiger partial charge < -0.3 is 9.47 Å². The van der Waals surface area contributed by atoms with Crippen LogP contribution in [0.25, 0.3) is 6.08 Å². The Morgan fingerprint density at radius 1 is 1.00 bits per heavy atom. The number of non-ortho nitro benzene ring substituents is 1. The first kappa shape index (κ1) is 25.6. The van der Waals surface area contributed by atoms with Crippen LogP contribution in [0.5, 0.6) is 11.5 Å². The minimum absolute atomic E-state index is 0.0424. The first-order valence-corrected chi connectivity index (χ1v) is 11.9. The van der Waals surface area contributed by atoms with E-state index in [-0.39, 0.29) is 17.9 Å². The van der Waals surface area contributed by atoms with Crippen molar-refractivity contribution >= 4 is 51.2 Å². The number of nitro groups is 1. The first-order valence-electron chi connectivity index (χ1n) is 11.1. The third kappa shape index (κ3) is 5.84. The number of hydrogen-bond acceptors (Lipinski definition) is 7. The minimum Gasteiger partial charge on any atom is -0.490 e. The van der Waals surface area contributed by atoms with E-state index in [1.54, 1.807) is 61.5 Å². The fourth-order valence-electron chi connectivity index (χ4n) is 3.57. The van der Waals surface area contributed by atoms with Gasteiger partial charge in [-0.05, 0) is 60.5 Å². The molecule has 188 valence electrons. The number of nitrogens with zero attached hydrogens (tertiary/aromatic N) is 2. The van der Waals surface area contributed by atoms with E-state index in [2.05, 4.69) is 21.2 Å². The van der Waals surface area contributed by atoms with Crippen molar-refractivity contribution in [3.05, 3.63) is 98.0 Å². The number of nitrogens with one attached hydrogen (secondary N) is 1. The molecule has 4 amide bonds. The van der Waals surface area contributed by atoms with Gasteiger partial charge in [0.25, 0.3) is 17.5 Å². The molecule has 3 aromatic rings. The number of urea groups is 1. The van der Waals surface area contributed by atoms with E-state index in [1.165, 1.54) is 18.2 Å². The van der Waals surface area contributed by atoms with Crippen LogP contribution in [-0.4, -0.2) is 29.4 Å². The van der Waals surface area contributed by atoms with Crippen molar-refractivity contribution in [2.75, 3.05) is 11.5 Å². The molecule has 0 unspecified atom stereocenters. The Morgan fingerprint density at radius 3 is 2.46 bits per heavy atom. The lowest BCUT2D eigenvalue weighted by Crippen LogP contribution is -2.54. The Morgan fingerprint density at radius 2 is 1.76 bits per heavy atom. The van der Waals surface area contributed by atoms with Crippen molar-refractivity contribution in [3.8, 4) is 11.5 Å². The number of hydrogen-bond donors (Lipinski definition) is 1. The number of ether oxygens (including phenoxy) is 2. The number of halogens is 1. The zero-order chi connectivity index (χ0) is 26.5. The van der Waals surface area contributed by atoms with Crippen molar-refractivity contribution in [1.82, 2.24) is 5.32 Å². The smallest absolute Gasteiger partial charge is 0.335 e. The standard InChI is InChI=1S/C26H20BrN3O7/c1-2-36-23-14-16(6-11-22(23)37-15-17-4-3-5-20(12-17)30(34)35)13-21-24(31)28-26(33)29(25(21)32)19-9-7-18(27)8-10-19/h3-14H,2,15H2,1H3,(H,28,31,33)/b21-13+. The number of imide groups is 2. The van der Waals surface area contributed by atoms with Crippen LogP contribution < -0.4 is 19.7 Å². The molecule has 11 heteroatoms. The normalized spacial score (nSPS) is 14.5. The van der Waals surface area contributed by atoms with Crippen LogP contribution in [0.1, 0.15) is 18.1 Å². The number of barbiturate groups is 1. The summed E-state index contributed by atoms with van der Waals surface area (Å²) in [5, 5.41) is 13.2. The largest absolute Gasteiger partial charge is 0.490 e. The van der Waals surface area contributed by atoms with Crippen molar-refractivity contribution in [2.24, 2.45) is 0 Å². The highest BCUT2D eigenvalue weighted by molar-refractivity contribution is 9.10. The molecule has 0 spiro atoms. The molecule has 10 nitrogen and oxygen atoms in total. The maximum absolute atomic E-state index is 13.1. The summed E-state index contributed by atoms with van der Waals surface area (Å²) in [5.41, 5.74) is 1.11. The van der Waals surface area contributed by atoms with E-state index in [0.29, 0.717) is 34.9 Å². The second kappa shape index (κ2) is 11.0. The van der Waals surface area contributed by atoms with Crippen LogP contribution in [0.15, 0.2) is 76.8 Å². The van der Waals surface area contributed by atoms with E-state index in [0.717, 1.165) is 9.37 Å². The second-order valence-electron chi connectivity index (χ2n) is 7.79. The zero-order valence-corrected chi connectivity index (χ0v) is 21.1. The van der Waals surface area contributed by atoms with Gasteiger partial charge in [0.2, 0.25) is 0 Å². The molecule has 4 rings (SSSR count). The van der Waals surface area contributed by atoms with E-state index in [1.807, 2.05) is 0 Å². The lowest BCUT2D eigenvalue weighted by Gasteiger charge is -2.26. The van der Waals surface area contributed by atoms with Crippen LogP contribution in [0.2, 0.25) is 0 Å². The van der Waals surface area contributed by atoms with Crippen LogP contribution in [-0.2, 0) is 16.2 Å². The Hall–Kier alpha value is -4.51. The van der Waals surface area contributed by atoms with Crippen molar-refractivity contribution in [2.45, 2.75) is 13.5 Å². The molecule has 0 radical (unpaired) electrons. The average molecular weight is 566 g/mol. The Kier molecular flexibility index (Phi) is 7.63. The highest BCUT2D eigenvalue weighted by atomic mass is 79.9. The van der Waals surface area contributed by atoms with E-state index in [4.69, 9.17) is 9.47 Å². The molecular weight excluding hydrogens is 546 g/mol. The SMILES string of the molecule is CCOc1cc(/C=C2\C(=O)NC(=O)N(c3ccc(Br)cc3)C2=O)ccc1OCc1cccc([N+](=O)[O-])c1. The van der Waals surface area contributed by atoms with Gasteiger partial charge in [-0.15, -0.1) is 0 Å². The van der Waals surface area contributed by atoms with Gasteiger partial charge in [-0.1, -0.05) is 34.1 Å². The first-order chi connectivity index (χ1) is 17.8. The molecule has 0 saturated carbocycles. The Bertz CT molecular complexity index is 1420. The van der Waals surface area contributed by atoms with Gasteiger partial charge in [0.05, 0.1) is 17.2 Å². The van der Waals surface area contributed by atoms with Gasteiger partial charge in [0.15, 0.2) is 11.5 Å². The molecule has 1 N–H and O–H groups in total. The molecule has 1 saturated heterocycles. The summed E-state index contributed by atoms with van der Waals surface area (Å²) in [5.74, 6) is -0.847. The molecule has 0 aliphatic carbocycles. The summed E-state index contributed by atoms with van der Waals surface area (Å²) in [6.07, 6.45) is 1.36. The number of anilines is 1. The number of rotatable bonds is 8. The van der Waals surface area contributed by atoms with Crippen molar-refractivity contribution < 1.29 is 28.8 Å². The lowest BCUT2D eigenvalue weighted by atomic mass is 10.1. The molecule has 1 aliphatic heterocycles. The third-order valence-electron chi connectivity index (χ3n) is 5.28. The molecule has 0 atom stereocenters. The Labute approximate surface area is 219 Å². The van der Waals surface area contributed by atoms with Crippen LogP contribution in [0.4, 0.5) is 16.2 Å². The minimum atomic E-state index is -0.839. The van der Waals surface area contributed by atoms with E-state index >= 15 is 0 Å². The summed E-state index contributed by atoms with van der Waals surface area (Å²) >= 11 is 3.31. The molecule has 1 heterocycles. The fraction of sp³-hybridized carbons (Fsp3) is 0.115. The topological polar surface area (TPSA) is 128 Å². The quantitative estimate of drug-likeness (QED) is 0.176. The molecule has 37 heavy (non-hydrogen) atoms. The number of nitro benzene ring substituents is 1. The second-order valence-corrected chi connectivity index (χ2v) is 8.70. The van der Waals surface area contributed by atoms with E-state index < -0.39 is 22.8 Å². The highest BCUT2D eigenvalue weighted by Gasteiger charge is 2.36. The molecule has 1 aliphatic rings. The predicted octanol–water partition coefficient (Wildman–Crippen LogP) is 5.00. The number of amides is 4. The molecule has 3 aromatic carbocycles. The summed E-state index contributed by atoms with van der Waals surface area (Å²) in [4.78, 5) is 49.4. The third-order valence-corrected chi connectivity index (χ3v) is 5.81. The molecule has 1 fully saturated rings. The van der Waals surface area contributed by atoms with Crippen LogP contribution in [0, 0.1) is 10.1 Å². The van der Waals surface area contributed by atoms with Gasteiger partial charge in [-0.2, -0.15) is 0 Å². The van der Waals surface area contributed by atoms with Gasteiger partial charge in [-0.3, -0.25) is 25.0 Å². The summed E-state index contributed by atoms with van der Waals surface area (Å²) in [6.45, 7) is 2.17. The molecule has 0 aromatic heterocycles. The number of carbonyl (C=O) groups is 3. The fourth-order valence-corrected chi connectivity index (χ4v) is 3.84. The van der Waals surface area contributed by atoms with Crippen LogP contribution in [0.3, 0.4) is 0 Å². The van der Waals surface area contributed by atoms with Gasteiger partial charge >= 0.3 is 6.03 Å². The molecule has 0 bridgehead atoms. The summed E-state index contributed by atoms with van der Waals surface area (Å²) in [6, 6.07) is 16.6. The van der Waals surface area contributed by atoms with E-state index in [9.17, 15) is 24.5 Å². The van der Waals surface area contributed by atoms with Gasteiger partial charge in [0, 0.05) is 16.6 Å². The maximum Gasteiger partial charge on any atom is 0.335 e.